The molecular formula is C13H22N2OS. The summed E-state index contributed by atoms with van der Waals surface area (Å²) in [4.78, 5) is 3.99. The summed E-state index contributed by atoms with van der Waals surface area (Å²) in [6, 6.07) is 5.43. The Morgan fingerprint density at radius 3 is 2.76 bits per heavy atom. The molecule has 2 rings (SSSR count). The molecule has 0 bridgehead atoms. The van der Waals surface area contributed by atoms with Gasteiger partial charge >= 0.3 is 0 Å². The first-order chi connectivity index (χ1) is 8.27. The van der Waals surface area contributed by atoms with Crippen molar-refractivity contribution in [3.63, 3.8) is 0 Å². The summed E-state index contributed by atoms with van der Waals surface area (Å²) in [5.74, 6) is 0. The molecule has 17 heavy (non-hydrogen) atoms. The van der Waals surface area contributed by atoms with Crippen molar-refractivity contribution in [1.82, 2.24) is 10.2 Å². The van der Waals surface area contributed by atoms with Crippen molar-refractivity contribution in [2.24, 2.45) is 0 Å². The van der Waals surface area contributed by atoms with E-state index >= 15 is 0 Å². The Bertz CT molecular complexity index is 307. The monoisotopic (exact) mass is 254 g/mol. The fraction of sp³-hybridized carbons (Fsp3) is 0.692. The van der Waals surface area contributed by atoms with Crippen molar-refractivity contribution in [3.8, 4) is 0 Å². The molecule has 0 saturated carbocycles. The van der Waals surface area contributed by atoms with E-state index < -0.39 is 0 Å². The Morgan fingerprint density at radius 2 is 2.18 bits per heavy atom. The lowest BCUT2D eigenvalue weighted by Gasteiger charge is -2.34. The van der Waals surface area contributed by atoms with Gasteiger partial charge in [-0.1, -0.05) is 19.9 Å². The van der Waals surface area contributed by atoms with Gasteiger partial charge < -0.3 is 10.1 Å². The third-order valence-corrected chi connectivity index (χ3v) is 4.05. The van der Waals surface area contributed by atoms with Crippen LogP contribution in [-0.4, -0.2) is 43.8 Å². The van der Waals surface area contributed by atoms with Crippen LogP contribution in [-0.2, 0) is 4.74 Å². The molecule has 1 fully saturated rings. The van der Waals surface area contributed by atoms with E-state index in [1.807, 2.05) is 11.3 Å². The molecule has 0 radical (unpaired) electrons. The first-order valence-electron chi connectivity index (χ1n) is 6.36. The maximum absolute atomic E-state index is 5.43. The average molecular weight is 254 g/mol. The van der Waals surface area contributed by atoms with Gasteiger partial charge in [0.1, 0.15) is 0 Å². The van der Waals surface area contributed by atoms with E-state index in [0.717, 1.165) is 32.8 Å². The Labute approximate surface area is 108 Å². The van der Waals surface area contributed by atoms with E-state index in [9.17, 15) is 0 Å². The van der Waals surface area contributed by atoms with Gasteiger partial charge in [-0.15, -0.1) is 11.3 Å². The van der Waals surface area contributed by atoms with E-state index in [-0.39, 0.29) is 0 Å². The smallest absolute Gasteiger partial charge is 0.0594 e. The zero-order valence-electron chi connectivity index (χ0n) is 10.7. The largest absolute Gasteiger partial charge is 0.379 e. The van der Waals surface area contributed by atoms with Gasteiger partial charge in [-0.05, 0) is 11.4 Å². The standard InChI is InChI=1S/C13H22N2OS/c1-11(2)14-10-12(13-4-3-9-17-13)15-5-7-16-8-6-15/h3-4,9,11-12,14H,5-8,10H2,1-2H3. The van der Waals surface area contributed by atoms with Crippen LogP contribution >= 0.6 is 11.3 Å². The molecule has 0 amide bonds. The van der Waals surface area contributed by atoms with Gasteiger partial charge in [0.05, 0.1) is 19.3 Å². The molecule has 2 heterocycles. The molecule has 1 atom stereocenters. The second kappa shape index (κ2) is 6.50. The van der Waals surface area contributed by atoms with Crippen LogP contribution in [0.25, 0.3) is 0 Å². The van der Waals surface area contributed by atoms with Crippen LogP contribution in [0.1, 0.15) is 24.8 Å². The fourth-order valence-corrected chi connectivity index (χ4v) is 2.99. The Morgan fingerprint density at radius 1 is 1.41 bits per heavy atom. The van der Waals surface area contributed by atoms with Gasteiger partial charge in [-0.25, -0.2) is 0 Å². The molecule has 1 aromatic rings. The molecule has 1 aliphatic heterocycles. The van der Waals surface area contributed by atoms with Gasteiger partial charge in [0, 0.05) is 30.6 Å². The highest BCUT2D eigenvalue weighted by Gasteiger charge is 2.23. The fourth-order valence-electron chi connectivity index (χ4n) is 2.13. The van der Waals surface area contributed by atoms with E-state index in [0.29, 0.717) is 12.1 Å². The summed E-state index contributed by atoms with van der Waals surface area (Å²) in [5.41, 5.74) is 0. The summed E-state index contributed by atoms with van der Waals surface area (Å²) in [6.07, 6.45) is 0. The summed E-state index contributed by atoms with van der Waals surface area (Å²) in [5, 5.41) is 5.72. The quantitative estimate of drug-likeness (QED) is 0.871. The number of rotatable bonds is 5. The molecule has 1 N–H and O–H groups in total. The van der Waals surface area contributed by atoms with E-state index in [1.165, 1.54) is 4.88 Å². The molecule has 1 aliphatic rings. The van der Waals surface area contributed by atoms with Crippen LogP contribution in [0.4, 0.5) is 0 Å². The molecule has 3 nitrogen and oxygen atoms in total. The predicted molar refractivity (Wildman–Crippen MR) is 72.6 cm³/mol. The lowest BCUT2D eigenvalue weighted by Crippen LogP contribution is -2.43. The van der Waals surface area contributed by atoms with Crippen molar-refractivity contribution in [2.75, 3.05) is 32.8 Å². The number of thiophene rings is 1. The van der Waals surface area contributed by atoms with Crippen LogP contribution in [0.5, 0.6) is 0 Å². The zero-order valence-corrected chi connectivity index (χ0v) is 11.5. The number of hydrogen-bond acceptors (Lipinski definition) is 4. The van der Waals surface area contributed by atoms with Crippen molar-refractivity contribution in [3.05, 3.63) is 22.4 Å². The molecular weight excluding hydrogens is 232 g/mol. The van der Waals surface area contributed by atoms with Crippen molar-refractivity contribution >= 4 is 11.3 Å². The van der Waals surface area contributed by atoms with Crippen molar-refractivity contribution in [1.29, 1.82) is 0 Å². The van der Waals surface area contributed by atoms with Gasteiger partial charge in [0.25, 0.3) is 0 Å². The third kappa shape index (κ3) is 3.78. The van der Waals surface area contributed by atoms with Gasteiger partial charge in [-0.3, -0.25) is 4.90 Å². The zero-order chi connectivity index (χ0) is 12.1. The number of hydrogen-bond donors (Lipinski definition) is 1. The lowest BCUT2D eigenvalue weighted by molar-refractivity contribution is 0.0165. The Hall–Kier alpha value is -0.420. The molecule has 4 heteroatoms. The average Bonchev–Trinajstić information content (AvgIpc) is 2.84. The second-order valence-corrected chi connectivity index (χ2v) is 5.72. The van der Waals surface area contributed by atoms with Gasteiger partial charge in [0.15, 0.2) is 0 Å². The highest BCUT2D eigenvalue weighted by molar-refractivity contribution is 7.10. The minimum atomic E-state index is 0.501. The molecule has 0 spiro atoms. The summed E-state index contributed by atoms with van der Waals surface area (Å²) in [6.45, 7) is 9.24. The summed E-state index contributed by atoms with van der Waals surface area (Å²) in [7, 11) is 0. The maximum Gasteiger partial charge on any atom is 0.0594 e. The van der Waals surface area contributed by atoms with Crippen molar-refractivity contribution in [2.45, 2.75) is 25.9 Å². The second-order valence-electron chi connectivity index (χ2n) is 4.74. The number of nitrogens with one attached hydrogen (secondary N) is 1. The summed E-state index contributed by atoms with van der Waals surface area (Å²) >= 11 is 1.85. The van der Waals surface area contributed by atoms with E-state index in [4.69, 9.17) is 4.74 Å². The number of morpholine rings is 1. The molecule has 0 aromatic carbocycles. The number of ether oxygens (including phenoxy) is 1. The van der Waals surface area contributed by atoms with Crippen LogP contribution < -0.4 is 5.32 Å². The van der Waals surface area contributed by atoms with Crippen LogP contribution in [0.3, 0.4) is 0 Å². The van der Waals surface area contributed by atoms with Gasteiger partial charge in [-0.2, -0.15) is 0 Å². The highest BCUT2D eigenvalue weighted by atomic mass is 32.1. The van der Waals surface area contributed by atoms with Crippen LogP contribution in [0.15, 0.2) is 17.5 Å². The third-order valence-electron chi connectivity index (χ3n) is 3.08. The minimum Gasteiger partial charge on any atom is -0.379 e. The SMILES string of the molecule is CC(C)NCC(c1cccs1)N1CCOCC1. The Kier molecular flexibility index (Phi) is 4.98. The highest BCUT2D eigenvalue weighted by Crippen LogP contribution is 2.25. The van der Waals surface area contributed by atoms with Gasteiger partial charge in [0.2, 0.25) is 0 Å². The molecule has 0 aliphatic carbocycles. The Balaban J connectivity index is 2.01. The molecule has 1 aromatic heterocycles. The van der Waals surface area contributed by atoms with Crippen molar-refractivity contribution < 1.29 is 4.74 Å². The topological polar surface area (TPSA) is 24.5 Å². The first kappa shape index (κ1) is 13.0. The molecule has 96 valence electrons. The predicted octanol–water partition coefficient (Wildman–Crippen LogP) is 2.12. The molecule has 1 unspecified atom stereocenters. The normalized spacial score (nSPS) is 19.7. The lowest BCUT2D eigenvalue weighted by atomic mass is 10.1. The maximum atomic E-state index is 5.43. The number of nitrogens with zero attached hydrogens (tertiary/aromatic N) is 1. The van der Waals surface area contributed by atoms with E-state index in [1.54, 1.807) is 0 Å². The van der Waals surface area contributed by atoms with Crippen LogP contribution in [0.2, 0.25) is 0 Å². The molecule has 1 saturated heterocycles. The first-order valence-corrected chi connectivity index (χ1v) is 7.24. The van der Waals surface area contributed by atoms with E-state index in [2.05, 4.69) is 41.6 Å². The minimum absolute atomic E-state index is 0.501. The van der Waals surface area contributed by atoms with Crippen LogP contribution in [0, 0.1) is 0 Å². The summed E-state index contributed by atoms with van der Waals surface area (Å²) < 4.78 is 5.43.